The molecular formula is C22H23ClN2O3. The largest absolute Gasteiger partial charge is 0.490 e. The third-order valence-electron chi connectivity index (χ3n) is 3.94. The van der Waals surface area contributed by atoms with Crippen LogP contribution < -0.4 is 14.8 Å². The molecule has 0 spiro atoms. The van der Waals surface area contributed by atoms with Crippen LogP contribution in [0.4, 0.5) is 5.69 Å². The molecule has 0 aliphatic heterocycles. The van der Waals surface area contributed by atoms with Crippen molar-refractivity contribution in [2.24, 2.45) is 0 Å². The summed E-state index contributed by atoms with van der Waals surface area (Å²) in [5, 5.41) is 12.6. The lowest BCUT2D eigenvalue weighted by Crippen LogP contribution is -2.14. The molecule has 5 nitrogen and oxygen atoms in total. The van der Waals surface area contributed by atoms with E-state index in [0.29, 0.717) is 41.0 Å². The molecular weight excluding hydrogens is 376 g/mol. The average Bonchev–Trinajstić information content (AvgIpc) is 2.69. The first-order valence-electron chi connectivity index (χ1n) is 9.14. The molecule has 0 aliphatic carbocycles. The SMILES string of the molecule is CCOc1cc(/C=C(\C#N)C(=O)Nc2ccccc2CC)cc(Cl)c1OCC. The summed E-state index contributed by atoms with van der Waals surface area (Å²) < 4.78 is 11.1. The van der Waals surface area contributed by atoms with Gasteiger partial charge in [0, 0.05) is 5.69 Å². The van der Waals surface area contributed by atoms with Crippen LogP contribution in [0, 0.1) is 11.3 Å². The van der Waals surface area contributed by atoms with Gasteiger partial charge >= 0.3 is 0 Å². The zero-order chi connectivity index (χ0) is 20.5. The number of ether oxygens (including phenoxy) is 2. The van der Waals surface area contributed by atoms with Crippen molar-refractivity contribution in [1.82, 2.24) is 0 Å². The van der Waals surface area contributed by atoms with E-state index < -0.39 is 5.91 Å². The minimum atomic E-state index is -0.480. The molecule has 0 saturated heterocycles. The first kappa shape index (κ1) is 21.3. The van der Waals surface area contributed by atoms with Crippen LogP contribution in [0.5, 0.6) is 11.5 Å². The molecule has 0 fully saturated rings. The average molecular weight is 399 g/mol. The topological polar surface area (TPSA) is 71.3 Å². The number of nitrogens with one attached hydrogen (secondary N) is 1. The van der Waals surface area contributed by atoms with Gasteiger partial charge in [0.2, 0.25) is 0 Å². The second-order valence-corrected chi connectivity index (χ2v) is 6.24. The Morgan fingerprint density at radius 2 is 1.89 bits per heavy atom. The van der Waals surface area contributed by atoms with Crippen LogP contribution in [-0.4, -0.2) is 19.1 Å². The molecule has 1 N–H and O–H groups in total. The van der Waals surface area contributed by atoms with E-state index in [0.717, 1.165) is 12.0 Å². The molecule has 0 aliphatic rings. The van der Waals surface area contributed by atoms with Crippen molar-refractivity contribution in [2.75, 3.05) is 18.5 Å². The Hall–Kier alpha value is -2.97. The fraction of sp³-hybridized carbons (Fsp3) is 0.273. The Morgan fingerprint density at radius 1 is 1.18 bits per heavy atom. The molecule has 28 heavy (non-hydrogen) atoms. The number of hydrogen-bond acceptors (Lipinski definition) is 4. The molecule has 2 aromatic rings. The van der Waals surface area contributed by atoms with Gasteiger partial charge in [-0.3, -0.25) is 4.79 Å². The number of para-hydroxylation sites is 1. The Labute approximate surface area is 170 Å². The van der Waals surface area contributed by atoms with Crippen molar-refractivity contribution >= 4 is 29.3 Å². The first-order valence-corrected chi connectivity index (χ1v) is 9.51. The van der Waals surface area contributed by atoms with E-state index in [-0.39, 0.29) is 5.57 Å². The normalized spacial score (nSPS) is 10.9. The fourth-order valence-corrected chi connectivity index (χ4v) is 2.95. The standard InChI is InChI=1S/C22H23ClN2O3/c1-4-16-9-7-8-10-19(16)25-22(26)17(14-24)11-15-12-18(23)21(28-6-3)20(13-15)27-5-2/h7-13H,4-6H2,1-3H3,(H,25,26)/b17-11+. The quantitative estimate of drug-likeness (QED) is 0.487. The highest BCUT2D eigenvalue weighted by Crippen LogP contribution is 2.37. The number of amides is 1. The summed E-state index contributed by atoms with van der Waals surface area (Å²) in [6.45, 7) is 6.58. The number of nitriles is 1. The molecule has 6 heteroatoms. The monoisotopic (exact) mass is 398 g/mol. The van der Waals surface area contributed by atoms with Gasteiger partial charge in [0.1, 0.15) is 11.6 Å². The lowest BCUT2D eigenvalue weighted by atomic mass is 10.1. The third kappa shape index (κ3) is 5.28. The van der Waals surface area contributed by atoms with E-state index in [4.69, 9.17) is 21.1 Å². The van der Waals surface area contributed by atoms with Gasteiger partial charge in [-0.05, 0) is 55.7 Å². The second kappa shape index (κ2) is 10.4. The maximum atomic E-state index is 12.6. The van der Waals surface area contributed by atoms with Crippen LogP contribution in [0.15, 0.2) is 42.0 Å². The molecule has 146 valence electrons. The molecule has 0 unspecified atom stereocenters. The molecule has 0 atom stereocenters. The van der Waals surface area contributed by atoms with Gasteiger partial charge in [-0.15, -0.1) is 0 Å². The first-order chi connectivity index (χ1) is 13.5. The van der Waals surface area contributed by atoms with Crippen LogP contribution in [-0.2, 0) is 11.2 Å². The number of halogens is 1. The highest BCUT2D eigenvalue weighted by atomic mass is 35.5. The number of aryl methyl sites for hydroxylation is 1. The van der Waals surface area contributed by atoms with E-state index in [2.05, 4.69) is 5.32 Å². The zero-order valence-electron chi connectivity index (χ0n) is 16.2. The third-order valence-corrected chi connectivity index (χ3v) is 4.22. The molecule has 2 rings (SSSR count). The lowest BCUT2D eigenvalue weighted by Gasteiger charge is -2.13. The smallest absolute Gasteiger partial charge is 0.266 e. The maximum Gasteiger partial charge on any atom is 0.266 e. The fourth-order valence-electron chi connectivity index (χ4n) is 2.67. The second-order valence-electron chi connectivity index (χ2n) is 5.83. The van der Waals surface area contributed by atoms with Crippen LogP contribution in [0.2, 0.25) is 5.02 Å². The van der Waals surface area contributed by atoms with Gasteiger partial charge in [0.25, 0.3) is 5.91 Å². The number of hydrogen-bond donors (Lipinski definition) is 1. The van der Waals surface area contributed by atoms with Crippen LogP contribution in [0.3, 0.4) is 0 Å². The van der Waals surface area contributed by atoms with Gasteiger partial charge in [-0.1, -0.05) is 36.7 Å². The Kier molecular flexibility index (Phi) is 7.91. The van der Waals surface area contributed by atoms with Crippen molar-refractivity contribution < 1.29 is 14.3 Å². The summed E-state index contributed by atoms with van der Waals surface area (Å²) in [7, 11) is 0. The number of carbonyl (C=O) groups excluding carboxylic acids is 1. The number of anilines is 1. The molecule has 0 radical (unpaired) electrons. The van der Waals surface area contributed by atoms with Crippen molar-refractivity contribution in [3.63, 3.8) is 0 Å². The number of benzene rings is 2. The lowest BCUT2D eigenvalue weighted by molar-refractivity contribution is -0.112. The molecule has 0 heterocycles. The summed E-state index contributed by atoms with van der Waals surface area (Å²) in [5.74, 6) is 0.437. The van der Waals surface area contributed by atoms with Crippen molar-refractivity contribution in [3.05, 3.63) is 58.1 Å². The zero-order valence-corrected chi connectivity index (χ0v) is 17.0. The Balaban J connectivity index is 2.35. The van der Waals surface area contributed by atoms with Crippen molar-refractivity contribution in [2.45, 2.75) is 27.2 Å². The molecule has 2 aromatic carbocycles. The van der Waals surface area contributed by atoms with E-state index in [1.54, 1.807) is 12.1 Å². The van der Waals surface area contributed by atoms with Gasteiger partial charge < -0.3 is 14.8 Å². The molecule has 1 amide bonds. The van der Waals surface area contributed by atoms with E-state index >= 15 is 0 Å². The Bertz CT molecular complexity index is 916. The van der Waals surface area contributed by atoms with E-state index in [1.165, 1.54) is 6.08 Å². The van der Waals surface area contributed by atoms with Crippen molar-refractivity contribution in [1.29, 1.82) is 5.26 Å². The van der Waals surface area contributed by atoms with Crippen LogP contribution in [0.25, 0.3) is 6.08 Å². The number of rotatable bonds is 8. The highest BCUT2D eigenvalue weighted by molar-refractivity contribution is 6.32. The van der Waals surface area contributed by atoms with Gasteiger partial charge in [0.15, 0.2) is 11.5 Å². The van der Waals surface area contributed by atoms with E-state index in [9.17, 15) is 10.1 Å². The molecule has 0 aromatic heterocycles. The summed E-state index contributed by atoms with van der Waals surface area (Å²) in [6.07, 6.45) is 2.25. The van der Waals surface area contributed by atoms with Crippen LogP contribution >= 0.6 is 11.6 Å². The van der Waals surface area contributed by atoms with Crippen molar-refractivity contribution in [3.8, 4) is 17.6 Å². The summed E-state index contributed by atoms with van der Waals surface area (Å²) in [4.78, 5) is 12.6. The Morgan fingerprint density at radius 3 is 2.54 bits per heavy atom. The number of nitrogens with zero attached hydrogens (tertiary/aromatic N) is 1. The minimum Gasteiger partial charge on any atom is -0.490 e. The minimum absolute atomic E-state index is 0.0337. The number of carbonyl (C=O) groups is 1. The van der Waals surface area contributed by atoms with Gasteiger partial charge in [-0.25, -0.2) is 0 Å². The van der Waals surface area contributed by atoms with Crippen LogP contribution in [0.1, 0.15) is 31.9 Å². The van der Waals surface area contributed by atoms with Gasteiger partial charge in [0.05, 0.1) is 18.2 Å². The van der Waals surface area contributed by atoms with E-state index in [1.807, 2.05) is 51.1 Å². The molecule has 0 bridgehead atoms. The van der Waals surface area contributed by atoms with Gasteiger partial charge in [-0.2, -0.15) is 5.26 Å². The summed E-state index contributed by atoms with van der Waals surface area (Å²) in [6, 6.07) is 12.8. The predicted octanol–water partition coefficient (Wildman–Crippen LogP) is 5.25. The highest BCUT2D eigenvalue weighted by Gasteiger charge is 2.15. The maximum absolute atomic E-state index is 12.6. The summed E-state index contributed by atoms with van der Waals surface area (Å²) >= 11 is 6.31. The predicted molar refractivity (Wildman–Crippen MR) is 112 cm³/mol. The summed E-state index contributed by atoms with van der Waals surface area (Å²) in [5.41, 5.74) is 2.23. The molecule has 0 saturated carbocycles.